The maximum absolute atomic E-state index is 13.4. The number of para-hydroxylation sites is 1. The molecule has 1 fully saturated rings. The summed E-state index contributed by atoms with van der Waals surface area (Å²) in [5.41, 5.74) is 2.55. The van der Waals surface area contributed by atoms with Crippen LogP contribution in [0.1, 0.15) is 69.4 Å². The van der Waals surface area contributed by atoms with Gasteiger partial charge in [0.25, 0.3) is 0 Å². The van der Waals surface area contributed by atoms with Gasteiger partial charge < -0.3 is 23.8 Å². The van der Waals surface area contributed by atoms with E-state index in [4.69, 9.17) is 18.9 Å². The van der Waals surface area contributed by atoms with Gasteiger partial charge in [-0.1, -0.05) is 44.0 Å². The van der Waals surface area contributed by atoms with Crippen LogP contribution in [0.2, 0.25) is 0 Å². The van der Waals surface area contributed by atoms with E-state index in [2.05, 4.69) is 41.0 Å². The summed E-state index contributed by atoms with van der Waals surface area (Å²) in [4.78, 5) is 18.1. The quantitative estimate of drug-likeness (QED) is 0.362. The summed E-state index contributed by atoms with van der Waals surface area (Å²) >= 11 is 0. The molecule has 2 aromatic carbocycles. The Morgan fingerprint density at radius 1 is 0.927 bits per heavy atom. The van der Waals surface area contributed by atoms with Crippen LogP contribution in [0.5, 0.6) is 23.0 Å². The van der Waals surface area contributed by atoms with Gasteiger partial charge in [-0.15, -0.1) is 0 Å². The number of methoxy groups -OCH3 is 3. The number of ether oxygens (including phenoxy) is 4. The Balaban J connectivity index is 1.39. The predicted octanol–water partition coefficient (Wildman–Crippen LogP) is 6.16. The monoisotopic (exact) mass is 566 g/mol. The standard InChI is InChI=1S/C34H50N2O5/c1-5-6-21-35-24-25-41-29-13-8-7-11-27(29)12-9-10-18-34(26-35)19-22-36(23-20-34)31(37)17-15-28-14-16-30(38-2)33(40-4)32(28)39-3/h7-8,11,13-14,16H,5-6,9-10,12,15,17-26H2,1-4H3. The van der Waals surface area contributed by atoms with E-state index in [1.807, 2.05) is 12.1 Å². The zero-order valence-electron chi connectivity index (χ0n) is 25.7. The zero-order chi connectivity index (χ0) is 29.1. The molecule has 0 aromatic heterocycles. The van der Waals surface area contributed by atoms with Crippen molar-refractivity contribution in [2.24, 2.45) is 5.41 Å². The van der Waals surface area contributed by atoms with E-state index >= 15 is 0 Å². The SMILES string of the molecule is CCCCN1CCOc2ccccc2CCCCC2(CCN(C(=O)CCc3ccc(OC)c(OC)c3OC)CC2)C1. The normalized spacial score (nSPS) is 18.0. The summed E-state index contributed by atoms with van der Waals surface area (Å²) in [6.45, 7) is 7.82. The molecule has 0 unspecified atom stereocenters. The van der Waals surface area contributed by atoms with Crippen LogP contribution in [0, 0.1) is 5.41 Å². The van der Waals surface area contributed by atoms with Crippen molar-refractivity contribution in [3.63, 3.8) is 0 Å². The lowest BCUT2D eigenvalue weighted by atomic mass is 9.73. The number of carbonyl (C=O) groups excluding carboxylic acids is 1. The highest BCUT2D eigenvalue weighted by atomic mass is 16.5. The van der Waals surface area contributed by atoms with Gasteiger partial charge in [-0.3, -0.25) is 9.69 Å². The Morgan fingerprint density at radius 3 is 2.44 bits per heavy atom. The molecule has 0 atom stereocenters. The Hall–Kier alpha value is -2.93. The number of piperidine rings is 1. The van der Waals surface area contributed by atoms with Gasteiger partial charge in [0, 0.05) is 32.6 Å². The van der Waals surface area contributed by atoms with Crippen LogP contribution in [-0.4, -0.2) is 76.4 Å². The molecule has 1 spiro atoms. The molecule has 7 nitrogen and oxygen atoms in total. The van der Waals surface area contributed by atoms with Crippen molar-refractivity contribution in [3.8, 4) is 23.0 Å². The zero-order valence-corrected chi connectivity index (χ0v) is 25.7. The van der Waals surface area contributed by atoms with Gasteiger partial charge in [0.05, 0.1) is 21.3 Å². The summed E-state index contributed by atoms with van der Waals surface area (Å²) in [7, 11) is 4.85. The second-order valence-electron chi connectivity index (χ2n) is 11.7. The van der Waals surface area contributed by atoms with Crippen molar-refractivity contribution < 1.29 is 23.7 Å². The van der Waals surface area contributed by atoms with E-state index < -0.39 is 0 Å². The van der Waals surface area contributed by atoms with Crippen molar-refractivity contribution in [2.75, 3.05) is 60.7 Å². The molecule has 0 N–H and O–H groups in total. The van der Waals surface area contributed by atoms with Crippen LogP contribution in [-0.2, 0) is 17.6 Å². The van der Waals surface area contributed by atoms with Crippen molar-refractivity contribution in [2.45, 2.75) is 71.1 Å². The largest absolute Gasteiger partial charge is 0.493 e. The lowest BCUT2D eigenvalue weighted by molar-refractivity contribution is -0.133. The molecular weight excluding hydrogens is 516 g/mol. The number of unbranched alkanes of at least 4 members (excludes halogenated alkanes) is 1. The maximum Gasteiger partial charge on any atom is 0.222 e. The summed E-state index contributed by atoms with van der Waals surface area (Å²) < 4.78 is 22.9. The van der Waals surface area contributed by atoms with E-state index in [0.717, 1.165) is 69.9 Å². The fourth-order valence-electron chi connectivity index (χ4n) is 6.55. The topological polar surface area (TPSA) is 60.5 Å². The van der Waals surface area contributed by atoms with Gasteiger partial charge in [0.15, 0.2) is 11.5 Å². The molecule has 4 rings (SSSR count). The first-order valence-corrected chi connectivity index (χ1v) is 15.5. The third-order valence-corrected chi connectivity index (χ3v) is 9.00. The van der Waals surface area contributed by atoms with Gasteiger partial charge in [-0.25, -0.2) is 0 Å². The van der Waals surface area contributed by atoms with Gasteiger partial charge >= 0.3 is 0 Å². The Bertz CT molecular complexity index is 1110. The van der Waals surface area contributed by atoms with E-state index in [-0.39, 0.29) is 11.3 Å². The van der Waals surface area contributed by atoms with Crippen molar-refractivity contribution in [1.82, 2.24) is 9.80 Å². The first kappa shape index (κ1) is 31.0. The number of nitrogens with zero attached hydrogens (tertiary/aromatic N) is 2. The lowest BCUT2D eigenvalue weighted by Gasteiger charge is -2.45. The van der Waals surface area contributed by atoms with E-state index in [1.54, 1.807) is 21.3 Å². The van der Waals surface area contributed by atoms with Gasteiger partial charge in [0.1, 0.15) is 12.4 Å². The summed E-state index contributed by atoms with van der Waals surface area (Å²) in [6, 6.07) is 12.4. The van der Waals surface area contributed by atoms with Crippen LogP contribution in [0.15, 0.2) is 36.4 Å². The minimum Gasteiger partial charge on any atom is -0.493 e. The number of benzene rings is 2. The van der Waals surface area contributed by atoms with Crippen LogP contribution < -0.4 is 18.9 Å². The summed E-state index contributed by atoms with van der Waals surface area (Å²) in [5, 5.41) is 0. The molecule has 0 radical (unpaired) electrons. The first-order chi connectivity index (χ1) is 20.0. The fourth-order valence-corrected chi connectivity index (χ4v) is 6.55. The van der Waals surface area contributed by atoms with E-state index in [1.165, 1.54) is 37.7 Å². The van der Waals surface area contributed by atoms with Crippen molar-refractivity contribution in [1.29, 1.82) is 0 Å². The van der Waals surface area contributed by atoms with Crippen LogP contribution >= 0.6 is 0 Å². The number of aryl methyl sites for hydroxylation is 2. The fraction of sp³-hybridized carbons (Fsp3) is 0.618. The molecular formula is C34H50N2O5. The number of hydrogen-bond acceptors (Lipinski definition) is 6. The van der Waals surface area contributed by atoms with Crippen molar-refractivity contribution >= 4 is 5.91 Å². The number of amides is 1. The van der Waals surface area contributed by atoms with Crippen LogP contribution in [0.4, 0.5) is 0 Å². The minimum absolute atomic E-state index is 0.220. The van der Waals surface area contributed by atoms with Crippen LogP contribution in [0.25, 0.3) is 0 Å². The molecule has 0 saturated carbocycles. The Morgan fingerprint density at radius 2 is 1.71 bits per heavy atom. The summed E-state index contributed by atoms with van der Waals surface area (Å²) in [6.07, 6.45) is 10.3. The third kappa shape index (κ3) is 8.09. The van der Waals surface area contributed by atoms with Crippen molar-refractivity contribution in [3.05, 3.63) is 47.5 Å². The Labute approximate surface area is 247 Å². The highest BCUT2D eigenvalue weighted by Crippen LogP contribution is 2.41. The van der Waals surface area contributed by atoms with Gasteiger partial charge in [-0.05, 0) is 80.2 Å². The first-order valence-electron chi connectivity index (χ1n) is 15.5. The number of rotatable bonds is 9. The number of fused-ring (bicyclic) bond motifs is 1. The maximum atomic E-state index is 13.4. The molecule has 2 aromatic rings. The van der Waals surface area contributed by atoms with Gasteiger partial charge in [0.2, 0.25) is 11.7 Å². The highest BCUT2D eigenvalue weighted by molar-refractivity contribution is 5.76. The summed E-state index contributed by atoms with van der Waals surface area (Å²) in [5.74, 6) is 3.11. The predicted molar refractivity (Wildman–Crippen MR) is 164 cm³/mol. The molecule has 2 aliphatic rings. The highest BCUT2D eigenvalue weighted by Gasteiger charge is 2.37. The molecule has 226 valence electrons. The molecule has 7 heteroatoms. The molecule has 2 aliphatic heterocycles. The van der Waals surface area contributed by atoms with Gasteiger partial charge in [-0.2, -0.15) is 0 Å². The smallest absolute Gasteiger partial charge is 0.222 e. The lowest BCUT2D eigenvalue weighted by Crippen LogP contribution is -2.49. The molecule has 0 bridgehead atoms. The number of likely N-dealkylation sites (tertiary alicyclic amines) is 1. The third-order valence-electron chi connectivity index (χ3n) is 9.00. The minimum atomic E-state index is 0.220. The molecule has 41 heavy (non-hydrogen) atoms. The van der Waals surface area contributed by atoms with E-state index in [9.17, 15) is 4.79 Å². The average Bonchev–Trinajstić information content (AvgIpc) is 3.00. The van der Waals surface area contributed by atoms with E-state index in [0.29, 0.717) is 30.1 Å². The average molecular weight is 567 g/mol. The molecule has 1 amide bonds. The molecule has 2 heterocycles. The van der Waals surface area contributed by atoms with Crippen LogP contribution in [0.3, 0.4) is 0 Å². The number of carbonyl (C=O) groups is 1. The molecule has 1 saturated heterocycles. The number of hydrogen-bond donors (Lipinski definition) is 0. The Kier molecular flexibility index (Phi) is 11.6. The second-order valence-corrected chi connectivity index (χ2v) is 11.7. The second kappa shape index (κ2) is 15.3. The molecule has 0 aliphatic carbocycles.